The highest BCUT2D eigenvalue weighted by Crippen LogP contribution is 2.24. The predicted octanol–water partition coefficient (Wildman–Crippen LogP) is 1.86. The van der Waals surface area contributed by atoms with Gasteiger partial charge in [-0.25, -0.2) is 0 Å². The SMILES string of the molecule is CNC(CC1CNCCN1C)c1cc(C)ccc1C. The molecule has 2 N–H and O–H groups in total. The number of hydrogen-bond donors (Lipinski definition) is 2. The average Bonchev–Trinajstić information content (AvgIpc) is 2.41. The van der Waals surface area contributed by atoms with Crippen molar-refractivity contribution in [1.29, 1.82) is 0 Å². The van der Waals surface area contributed by atoms with E-state index in [1.807, 2.05) is 0 Å². The van der Waals surface area contributed by atoms with Crippen LogP contribution in [0.1, 0.15) is 29.2 Å². The summed E-state index contributed by atoms with van der Waals surface area (Å²) in [6.07, 6.45) is 1.16. The van der Waals surface area contributed by atoms with Crippen LogP contribution in [0.4, 0.5) is 0 Å². The highest BCUT2D eigenvalue weighted by molar-refractivity contribution is 5.33. The smallest absolute Gasteiger partial charge is 0.0335 e. The van der Waals surface area contributed by atoms with Crippen LogP contribution >= 0.6 is 0 Å². The molecule has 106 valence electrons. The number of nitrogens with zero attached hydrogens (tertiary/aromatic N) is 1. The van der Waals surface area contributed by atoms with Gasteiger partial charge in [-0.2, -0.15) is 0 Å². The van der Waals surface area contributed by atoms with Crippen molar-refractivity contribution < 1.29 is 0 Å². The highest BCUT2D eigenvalue weighted by atomic mass is 15.2. The molecule has 3 heteroatoms. The fraction of sp³-hybridized carbons (Fsp3) is 0.625. The maximum Gasteiger partial charge on any atom is 0.0335 e. The second-order valence-electron chi connectivity index (χ2n) is 5.78. The molecule has 0 aromatic heterocycles. The first-order valence-corrected chi connectivity index (χ1v) is 7.27. The second kappa shape index (κ2) is 6.51. The van der Waals surface area contributed by atoms with E-state index < -0.39 is 0 Å². The van der Waals surface area contributed by atoms with E-state index >= 15 is 0 Å². The van der Waals surface area contributed by atoms with Crippen molar-refractivity contribution in [1.82, 2.24) is 15.5 Å². The molecular formula is C16H27N3. The van der Waals surface area contributed by atoms with E-state index in [-0.39, 0.29) is 0 Å². The molecule has 0 aliphatic carbocycles. The van der Waals surface area contributed by atoms with Crippen LogP contribution in [0.2, 0.25) is 0 Å². The lowest BCUT2D eigenvalue weighted by Gasteiger charge is -2.35. The largest absolute Gasteiger partial charge is 0.314 e. The van der Waals surface area contributed by atoms with E-state index in [0.29, 0.717) is 12.1 Å². The standard InChI is InChI=1S/C16H27N3/c1-12-5-6-13(2)15(9-12)16(17-3)10-14-11-18-7-8-19(14)4/h5-6,9,14,16-18H,7-8,10-11H2,1-4H3. The summed E-state index contributed by atoms with van der Waals surface area (Å²) in [6.45, 7) is 7.74. The van der Waals surface area contributed by atoms with Gasteiger partial charge in [-0.05, 0) is 45.5 Å². The number of nitrogens with one attached hydrogen (secondary N) is 2. The summed E-state index contributed by atoms with van der Waals surface area (Å²) in [5.74, 6) is 0. The fourth-order valence-electron chi connectivity index (χ4n) is 2.93. The molecular weight excluding hydrogens is 234 g/mol. The molecule has 0 saturated carbocycles. The average molecular weight is 261 g/mol. The quantitative estimate of drug-likeness (QED) is 0.866. The number of benzene rings is 1. The molecule has 1 aliphatic heterocycles. The predicted molar refractivity (Wildman–Crippen MR) is 81.6 cm³/mol. The Morgan fingerprint density at radius 1 is 1.42 bits per heavy atom. The highest BCUT2D eigenvalue weighted by Gasteiger charge is 2.23. The molecule has 1 fully saturated rings. The molecule has 0 spiro atoms. The summed E-state index contributed by atoms with van der Waals surface area (Å²) in [6, 6.07) is 7.81. The molecule has 1 saturated heterocycles. The van der Waals surface area contributed by atoms with Gasteiger partial charge < -0.3 is 15.5 Å². The Morgan fingerprint density at radius 2 is 2.21 bits per heavy atom. The Labute approximate surface area is 117 Å². The number of hydrogen-bond acceptors (Lipinski definition) is 3. The monoisotopic (exact) mass is 261 g/mol. The first-order valence-electron chi connectivity index (χ1n) is 7.27. The Bertz CT molecular complexity index is 416. The van der Waals surface area contributed by atoms with E-state index in [1.54, 1.807) is 0 Å². The molecule has 0 amide bonds. The van der Waals surface area contributed by atoms with E-state index in [9.17, 15) is 0 Å². The third kappa shape index (κ3) is 3.56. The molecule has 0 radical (unpaired) electrons. The summed E-state index contributed by atoms with van der Waals surface area (Å²) >= 11 is 0. The van der Waals surface area contributed by atoms with Gasteiger partial charge in [0.05, 0.1) is 0 Å². The van der Waals surface area contributed by atoms with E-state index in [4.69, 9.17) is 0 Å². The van der Waals surface area contributed by atoms with Crippen molar-refractivity contribution in [3.8, 4) is 0 Å². The van der Waals surface area contributed by atoms with Crippen LogP contribution in [0, 0.1) is 13.8 Å². The summed E-state index contributed by atoms with van der Waals surface area (Å²) in [7, 11) is 4.31. The first kappa shape index (κ1) is 14.5. The summed E-state index contributed by atoms with van der Waals surface area (Å²) in [4.78, 5) is 2.48. The molecule has 1 aliphatic rings. The van der Waals surface area contributed by atoms with Crippen molar-refractivity contribution >= 4 is 0 Å². The zero-order valence-corrected chi connectivity index (χ0v) is 12.7. The Morgan fingerprint density at radius 3 is 2.89 bits per heavy atom. The second-order valence-corrected chi connectivity index (χ2v) is 5.78. The number of rotatable bonds is 4. The van der Waals surface area contributed by atoms with Gasteiger partial charge in [-0.3, -0.25) is 0 Å². The van der Waals surface area contributed by atoms with Crippen molar-refractivity contribution in [2.75, 3.05) is 33.7 Å². The lowest BCUT2D eigenvalue weighted by molar-refractivity contribution is 0.178. The third-order valence-electron chi connectivity index (χ3n) is 4.31. The molecule has 0 bridgehead atoms. The summed E-state index contributed by atoms with van der Waals surface area (Å²) in [5, 5.41) is 7.00. The maximum absolute atomic E-state index is 3.50. The maximum atomic E-state index is 3.50. The minimum absolute atomic E-state index is 0.437. The minimum atomic E-state index is 0.437. The third-order valence-corrected chi connectivity index (χ3v) is 4.31. The molecule has 2 atom stereocenters. The van der Waals surface area contributed by atoms with Crippen molar-refractivity contribution in [2.24, 2.45) is 0 Å². The van der Waals surface area contributed by atoms with Gasteiger partial charge in [0, 0.05) is 31.7 Å². The van der Waals surface area contributed by atoms with Crippen molar-refractivity contribution in [3.05, 3.63) is 34.9 Å². The van der Waals surface area contributed by atoms with Gasteiger partial charge in [0.15, 0.2) is 0 Å². The van der Waals surface area contributed by atoms with Gasteiger partial charge in [-0.1, -0.05) is 23.8 Å². The Kier molecular flexibility index (Phi) is 4.97. The first-order chi connectivity index (χ1) is 9.11. The molecule has 1 aromatic carbocycles. The van der Waals surface area contributed by atoms with Crippen molar-refractivity contribution in [3.63, 3.8) is 0 Å². The van der Waals surface area contributed by atoms with Gasteiger partial charge in [0.1, 0.15) is 0 Å². The molecule has 3 nitrogen and oxygen atoms in total. The molecule has 2 unspecified atom stereocenters. The van der Waals surface area contributed by atoms with Crippen LogP contribution in [-0.2, 0) is 0 Å². The Hall–Kier alpha value is -0.900. The molecule has 19 heavy (non-hydrogen) atoms. The number of piperazine rings is 1. The minimum Gasteiger partial charge on any atom is -0.314 e. The van der Waals surface area contributed by atoms with Gasteiger partial charge >= 0.3 is 0 Å². The van der Waals surface area contributed by atoms with E-state index in [2.05, 4.69) is 61.7 Å². The molecule has 2 rings (SSSR count). The van der Waals surface area contributed by atoms with Crippen LogP contribution in [0.25, 0.3) is 0 Å². The van der Waals surface area contributed by atoms with Gasteiger partial charge in [-0.15, -0.1) is 0 Å². The van der Waals surface area contributed by atoms with Crippen LogP contribution in [-0.4, -0.2) is 44.7 Å². The summed E-state index contributed by atoms with van der Waals surface area (Å²) < 4.78 is 0. The van der Waals surface area contributed by atoms with Crippen molar-refractivity contribution in [2.45, 2.75) is 32.4 Å². The molecule has 1 aromatic rings. The van der Waals surface area contributed by atoms with E-state index in [0.717, 1.165) is 26.1 Å². The lowest BCUT2D eigenvalue weighted by Crippen LogP contribution is -2.50. The van der Waals surface area contributed by atoms with Crippen LogP contribution < -0.4 is 10.6 Å². The Balaban J connectivity index is 2.13. The normalized spacial score (nSPS) is 22.4. The van der Waals surface area contributed by atoms with Gasteiger partial charge in [0.25, 0.3) is 0 Å². The van der Waals surface area contributed by atoms with E-state index in [1.165, 1.54) is 16.7 Å². The zero-order chi connectivity index (χ0) is 13.8. The fourth-order valence-corrected chi connectivity index (χ4v) is 2.93. The zero-order valence-electron chi connectivity index (χ0n) is 12.7. The molecule has 1 heterocycles. The topological polar surface area (TPSA) is 27.3 Å². The van der Waals surface area contributed by atoms with Crippen LogP contribution in [0.5, 0.6) is 0 Å². The number of likely N-dealkylation sites (N-methyl/N-ethyl adjacent to an activating group) is 1. The van der Waals surface area contributed by atoms with Crippen LogP contribution in [0.3, 0.4) is 0 Å². The van der Waals surface area contributed by atoms with Gasteiger partial charge in [0.2, 0.25) is 0 Å². The summed E-state index contributed by atoms with van der Waals surface area (Å²) in [5.41, 5.74) is 4.17. The van der Waals surface area contributed by atoms with Crippen LogP contribution in [0.15, 0.2) is 18.2 Å². The lowest BCUT2D eigenvalue weighted by atomic mass is 9.93. The number of aryl methyl sites for hydroxylation is 2.